The molecule has 0 radical (unpaired) electrons. The van der Waals surface area contributed by atoms with Crippen molar-refractivity contribution in [1.29, 1.82) is 0 Å². The van der Waals surface area contributed by atoms with Crippen molar-refractivity contribution in [3.63, 3.8) is 0 Å². The summed E-state index contributed by atoms with van der Waals surface area (Å²) in [6.07, 6.45) is 3.66. The fourth-order valence-electron chi connectivity index (χ4n) is 1.66. The molecule has 1 saturated heterocycles. The molecule has 1 N–H and O–H groups in total. The molecule has 92 valence electrons. The largest absolute Gasteiger partial charge is 0.393 e. The van der Waals surface area contributed by atoms with Crippen molar-refractivity contribution in [2.75, 3.05) is 12.3 Å². The van der Waals surface area contributed by atoms with Crippen LogP contribution in [0.5, 0.6) is 0 Å². The fourth-order valence-corrected chi connectivity index (χ4v) is 2.90. The van der Waals surface area contributed by atoms with E-state index in [1.165, 1.54) is 11.8 Å². The summed E-state index contributed by atoms with van der Waals surface area (Å²) < 4.78 is 0.658. The van der Waals surface area contributed by atoms with Gasteiger partial charge in [-0.25, -0.2) is 0 Å². The number of thiocarbonyl (C=S) groups is 1. The van der Waals surface area contributed by atoms with Crippen LogP contribution in [-0.2, 0) is 4.79 Å². The van der Waals surface area contributed by atoms with Gasteiger partial charge >= 0.3 is 0 Å². The second-order valence-electron chi connectivity index (χ2n) is 4.01. The van der Waals surface area contributed by atoms with Crippen LogP contribution >= 0.6 is 24.0 Å². The number of amides is 1. The molecule has 0 aromatic rings. The molecule has 0 aromatic carbocycles. The van der Waals surface area contributed by atoms with Gasteiger partial charge in [-0.1, -0.05) is 50.2 Å². The van der Waals surface area contributed by atoms with E-state index in [1.54, 1.807) is 4.90 Å². The second kappa shape index (κ2) is 7.25. The molecule has 1 atom stereocenters. The maximum atomic E-state index is 11.8. The first-order chi connectivity index (χ1) is 7.65. The summed E-state index contributed by atoms with van der Waals surface area (Å²) in [6.45, 7) is 2.82. The van der Waals surface area contributed by atoms with Crippen LogP contribution in [0.3, 0.4) is 0 Å². The number of aliphatic hydroxyl groups excluding tert-OH is 1. The van der Waals surface area contributed by atoms with Gasteiger partial charge in [-0.2, -0.15) is 0 Å². The highest BCUT2D eigenvalue weighted by Crippen LogP contribution is 2.19. The molecule has 0 aliphatic carbocycles. The molecule has 1 aliphatic rings. The van der Waals surface area contributed by atoms with Crippen molar-refractivity contribution < 1.29 is 9.90 Å². The Kier molecular flexibility index (Phi) is 6.31. The molecule has 0 unspecified atom stereocenters. The van der Waals surface area contributed by atoms with E-state index in [-0.39, 0.29) is 12.3 Å². The predicted molar refractivity (Wildman–Crippen MR) is 71.5 cm³/mol. The Bertz CT molecular complexity index is 258. The normalized spacial score (nSPS) is 17.9. The van der Waals surface area contributed by atoms with E-state index in [0.29, 0.717) is 17.3 Å². The average molecular weight is 261 g/mol. The standard InChI is InChI=1S/C11H19NO2S2/c1-2-3-4-5-9(13)8-10(14)12-6-7-16-11(12)15/h9,13H,2-8H2,1H3/t9-/m1/s1. The molecule has 3 nitrogen and oxygen atoms in total. The number of nitrogens with zero attached hydrogens (tertiary/aromatic N) is 1. The third kappa shape index (κ3) is 4.39. The lowest BCUT2D eigenvalue weighted by Crippen LogP contribution is -2.33. The number of hydrogen-bond acceptors (Lipinski definition) is 4. The lowest BCUT2D eigenvalue weighted by molar-refractivity contribution is -0.128. The van der Waals surface area contributed by atoms with Gasteiger partial charge in [-0.05, 0) is 6.42 Å². The molecule has 1 rings (SSSR count). The van der Waals surface area contributed by atoms with Gasteiger partial charge < -0.3 is 5.11 Å². The van der Waals surface area contributed by atoms with Gasteiger partial charge in [0.1, 0.15) is 4.32 Å². The van der Waals surface area contributed by atoms with Gasteiger partial charge in [-0.15, -0.1) is 0 Å². The number of carbonyl (C=O) groups excluding carboxylic acids is 1. The maximum Gasteiger partial charge on any atom is 0.230 e. The van der Waals surface area contributed by atoms with E-state index in [9.17, 15) is 9.90 Å². The smallest absolute Gasteiger partial charge is 0.230 e. The summed E-state index contributed by atoms with van der Waals surface area (Å²) in [5, 5.41) is 9.70. The summed E-state index contributed by atoms with van der Waals surface area (Å²) in [5.41, 5.74) is 0. The minimum atomic E-state index is -0.507. The van der Waals surface area contributed by atoms with Crippen molar-refractivity contribution in [2.45, 2.75) is 45.1 Å². The Hall–Kier alpha value is -0.130. The number of aliphatic hydroxyl groups is 1. The summed E-state index contributed by atoms with van der Waals surface area (Å²) in [7, 11) is 0. The first kappa shape index (κ1) is 13.9. The number of unbranched alkanes of at least 4 members (excludes halogenated alkanes) is 2. The maximum absolute atomic E-state index is 11.8. The highest BCUT2D eigenvalue weighted by Gasteiger charge is 2.25. The highest BCUT2D eigenvalue weighted by molar-refractivity contribution is 8.23. The monoisotopic (exact) mass is 261 g/mol. The lowest BCUT2D eigenvalue weighted by Gasteiger charge is -2.17. The van der Waals surface area contributed by atoms with E-state index < -0.39 is 6.10 Å². The topological polar surface area (TPSA) is 40.5 Å². The first-order valence-electron chi connectivity index (χ1n) is 5.80. The minimum Gasteiger partial charge on any atom is -0.393 e. The molecular weight excluding hydrogens is 242 g/mol. The molecule has 0 saturated carbocycles. The average Bonchev–Trinajstić information content (AvgIpc) is 2.65. The SMILES string of the molecule is CCCCC[C@@H](O)CC(=O)N1CCSC1=S. The van der Waals surface area contributed by atoms with Crippen LogP contribution in [0, 0.1) is 0 Å². The van der Waals surface area contributed by atoms with Gasteiger partial charge in [-0.3, -0.25) is 9.69 Å². The number of carbonyl (C=O) groups is 1. The van der Waals surface area contributed by atoms with Crippen LogP contribution in [0.15, 0.2) is 0 Å². The van der Waals surface area contributed by atoms with Crippen molar-refractivity contribution >= 4 is 34.2 Å². The number of thioether (sulfide) groups is 1. The minimum absolute atomic E-state index is 0.0287. The Morgan fingerprint density at radius 1 is 1.62 bits per heavy atom. The molecular formula is C11H19NO2S2. The Morgan fingerprint density at radius 3 is 2.94 bits per heavy atom. The fraction of sp³-hybridized carbons (Fsp3) is 0.818. The van der Waals surface area contributed by atoms with E-state index in [1.807, 2.05) is 0 Å². The molecule has 5 heteroatoms. The van der Waals surface area contributed by atoms with E-state index >= 15 is 0 Å². The van der Waals surface area contributed by atoms with Gasteiger partial charge in [0, 0.05) is 12.3 Å². The molecule has 0 aromatic heterocycles. The Balaban J connectivity index is 2.25. The highest BCUT2D eigenvalue weighted by atomic mass is 32.2. The molecule has 1 heterocycles. The van der Waals surface area contributed by atoms with Crippen molar-refractivity contribution in [1.82, 2.24) is 4.90 Å². The van der Waals surface area contributed by atoms with Crippen LogP contribution in [0.1, 0.15) is 39.0 Å². The van der Waals surface area contributed by atoms with Crippen LogP contribution < -0.4 is 0 Å². The molecule has 1 fully saturated rings. The zero-order chi connectivity index (χ0) is 12.0. The van der Waals surface area contributed by atoms with E-state index in [2.05, 4.69) is 6.92 Å². The van der Waals surface area contributed by atoms with Gasteiger partial charge in [0.15, 0.2) is 0 Å². The molecule has 16 heavy (non-hydrogen) atoms. The molecule has 1 amide bonds. The van der Waals surface area contributed by atoms with Crippen LogP contribution in [0.4, 0.5) is 0 Å². The zero-order valence-corrected chi connectivity index (χ0v) is 11.3. The summed E-state index contributed by atoms with van der Waals surface area (Å²) >= 11 is 6.60. The Labute approximate surface area is 107 Å². The van der Waals surface area contributed by atoms with Crippen molar-refractivity contribution in [2.24, 2.45) is 0 Å². The van der Waals surface area contributed by atoms with Gasteiger partial charge in [0.2, 0.25) is 5.91 Å². The summed E-state index contributed by atoms with van der Waals surface area (Å²) in [6, 6.07) is 0. The molecule has 1 aliphatic heterocycles. The van der Waals surface area contributed by atoms with Crippen molar-refractivity contribution in [3.8, 4) is 0 Å². The van der Waals surface area contributed by atoms with E-state index in [0.717, 1.165) is 25.0 Å². The van der Waals surface area contributed by atoms with Gasteiger partial charge in [0.05, 0.1) is 12.5 Å². The van der Waals surface area contributed by atoms with E-state index in [4.69, 9.17) is 12.2 Å². The number of rotatable bonds is 6. The lowest BCUT2D eigenvalue weighted by atomic mass is 10.1. The number of hydrogen-bond donors (Lipinski definition) is 1. The molecule has 0 bridgehead atoms. The summed E-state index contributed by atoms with van der Waals surface area (Å²) in [4.78, 5) is 13.4. The summed E-state index contributed by atoms with van der Waals surface area (Å²) in [5.74, 6) is 0.857. The van der Waals surface area contributed by atoms with Gasteiger partial charge in [0.25, 0.3) is 0 Å². The van der Waals surface area contributed by atoms with Crippen LogP contribution in [0.25, 0.3) is 0 Å². The zero-order valence-electron chi connectivity index (χ0n) is 9.65. The Morgan fingerprint density at radius 2 is 2.38 bits per heavy atom. The van der Waals surface area contributed by atoms with Crippen LogP contribution in [0.2, 0.25) is 0 Å². The quantitative estimate of drug-likeness (QED) is 0.588. The molecule has 0 spiro atoms. The third-order valence-electron chi connectivity index (χ3n) is 2.61. The van der Waals surface area contributed by atoms with Crippen molar-refractivity contribution in [3.05, 3.63) is 0 Å². The predicted octanol–water partition coefficient (Wildman–Crippen LogP) is 2.18. The second-order valence-corrected chi connectivity index (χ2v) is 5.74. The first-order valence-corrected chi connectivity index (χ1v) is 7.19. The van der Waals surface area contributed by atoms with Crippen LogP contribution in [-0.4, -0.2) is 38.6 Å². The third-order valence-corrected chi connectivity index (χ3v) is 4.04.